The summed E-state index contributed by atoms with van der Waals surface area (Å²) in [6, 6.07) is 4.88. The molecule has 2 aromatic rings. The van der Waals surface area contributed by atoms with Crippen molar-refractivity contribution in [3.05, 3.63) is 39.7 Å². The Morgan fingerprint density at radius 3 is 2.68 bits per heavy atom. The molecular formula is C12H13ClN4O2. The van der Waals surface area contributed by atoms with Gasteiger partial charge in [-0.15, -0.1) is 21.8 Å². The van der Waals surface area contributed by atoms with Crippen LogP contribution in [0.2, 0.25) is 0 Å². The molecule has 6 nitrogen and oxygen atoms in total. The van der Waals surface area contributed by atoms with Crippen molar-refractivity contribution in [2.75, 3.05) is 0 Å². The molecule has 0 atom stereocenters. The van der Waals surface area contributed by atoms with Crippen LogP contribution in [0.4, 0.5) is 5.69 Å². The minimum atomic E-state index is -0.411. The summed E-state index contributed by atoms with van der Waals surface area (Å²) in [5.41, 5.74) is 1.53. The van der Waals surface area contributed by atoms with E-state index < -0.39 is 4.92 Å². The summed E-state index contributed by atoms with van der Waals surface area (Å²) >= 11 is 5.79. The number of non-ortho nitro benzene ring substituents is 1. The maximum atomic E-state index is 10.9. The lowest BCUT2D eigenvalue weighted by atomic mass is 10.1. The number of nitrogens with zero attached hydrogens (tertiary/aromatic N) is 4. The lowest BCUT2D eigenvalue weighted by Gasteiger charge is -2.06. The zero-order valence-electron chi connectivity index (χ0n) is 10.6. The first-order valence-corrected chi connectivity index (χ1v) is 6.34. The number of hydrogen-bond donors (Lipinski definition) is 0. The maximum absolute atomic E-state index is 10.9. The molecule has 19 heavy (non-hydrogen) atoms. The van der Waals surface area contributed by atoms with Gasteiger partial charge in [0.25, 0.3) is 5.69 Å². The second-order valence-electron chi connectivity index (χ2n) is 4.13. The molecule has 0 bridgehead atoms. The van der Waals surface area contributed by atoms with E-state index in [1.807, 2.05) is 24.5 Å². The molecule has 0 aliphatic rings. The molecule has 0 fully saturated rings. The van der Waals surface area contributed by atoms with Crippen molar-refractivity contribution in [1.29, 1.82) is 0 Å². The van der Waals surface area contributed by atoms with Gasteiger partial charge in [0.15, 0.2) is 5.82 Å². The van der Waals surface area contributed by atoms with Crippen LogP contribution in [0.25, 0.3) is 11.4 Å². The maximum Gasteiger partial charge on any atom is 0.270 e. The minimum absolute atomic E-state index is 0.0491. The first-order chi connectivity index (χ1) is 9.06. The van der Waals surface area contributed by atoms with Gasteiger partial charge in [-0.05, 0) is 25.5 Å². The van der Waals surface area contributed by atoms with E-state index in [1.54, 1.807) is 0 Å². The van der Waals surface area contributed by atoms with Gasteiger partial charge in [0.1, 0.15) is 5.82 Å². The van der Waals surface area contributed by atoms with Gasteiger partial charge in [-0.25, -0.2) is 0 Å². The fraction of sp³-hybridized carbons (Fsp3) is 0.333. The molecule has 0 amide bonds. The molecule has 1 aromatic carbocycles. The molecule has 0 radical (unpaired) electrons. The summed E-state index contributed by atoms with van der Waals surface area (Å²) in [7, 11) is 0. The zero-order chi connectivity index (χ0) is 14.0. The molecule has 0 N–H and O–H groups in total. The number of aromatic nitrogens is 3. The molecule has 1 aromatic heterocycles. The van der Waals surface area contributed by atoms with Crippen molar-refractivity contribution < 1.29 is 4.92 Å². The SMILES string of the molecule is CCn1c(CCl)nnc1-c1cc(C)cc([N+](=O)[O-])c1. The Labute approximate surface area is 115 Å². The Balaban J connectivity index is 2.58. The summed E-state index contributed by atoms with van der Waals surface area (Å²) in [6.45, 7) is 4.42. The van der Waals surface area contributed by atoms with Crippen molar-refractivity contribution in [3.63, 3.8) is 0 Å². The van der Waals surface area contributed by atoms with Crippen LogP contribution in [-0.2, 0) is 12.4 Å². The third-order valence-corrected chi connectivity index (χ3v) is 3.03. The Bertz CT molecular complexity index is 624. The van der Waals surface area contributed by atoms with Gasteiger partial charge in [0.05, 0.1) is 10.8 Å². The van der Waals surface area contributed by atoms with Crippen LogP contribution in [0, 0.1) is 17.0 Å². The highest BCUT2D eigenvalue weighted by molar-refractivity contribution is 6.16. The summed E-state index contributed by atoms with van der Waals surface area (Å²) in [5, 5.41) is 19.0. The summed E-state index contributed by atoms with van der Waals surface area (Å²) in [6.07, 6.45) is 0. The van der Waals surface area contributed by atoms with Crippen LogP contribution in [0.15, 0.2) is 18.2 Å². The molecule has 0 saturated carbocycles. The predicted octanol–water partition coefficient (Wildman–Crippen LogP) is 2.92. The number of aryl methyl sites for hydroxylation is 1. The fourth-order valence-corrected chi connectivity index (χ4v) is 2.18. The molecular weight excluding hydrogens is 268 g/mol. The van der Waals surface area contributed by atoms with E-state index in [2.05, 4.69) is 10.2 Å². The van der Waals surface area contributed by atoms with Crippen LogP contribution in [0.3, 0.4) is 0 Å². The molecule has 0 aliphatic heterocycles. The number of hydrogen-bond acceptors (Lipinski definition) is 4. The second-order valence-corrected chi connectivity index (χ2v) is 4.40. The highest BCUT2D eigenvalue weighted by Crippen LogP contribution is 2.25. The number of rotatable bonds is 4. The minimum Gasteiger partial charge on any atom is -0.310 e. The number of nitro groups is 1. The highest BCUT2D eigenvalue weighted by atomic mass is 35.5. The van der Waals surface area contributed by atoms with Gasteiger partial charge >= 0.3 is 0 Å². The van der Waals surface area contributed by atoms with Gasteiger partial charge in [0, 0.05) is 24.2 Å². The average Bonchev–Trinajstić information content (AvgIpc) is 2.80. The lowest BCUT2D eigenvalue weighted by Crippen LogP contribution is -2.02. The molecule has 100 valence electrons. The van der Waals surface area contributed by atoms with E-state index in [9.17, 15) is 10.1 Å². The van der Waals surface area contributed by atoms with Gasteiger partial charge in [0.2, 0.25) is 0 Å². The van der Waals surface area contributed by atoms with Crippen molar-refractivity contribution >= 4 is 17.3 Å². The number of nitro benzene ring substituents is 1. The van der Waals surface area contributed by atoms with Gasteiger partial charge in [-0.3, -0.25) is 10.1 Å². The van der Waals surface area contributed by atoms with Crippen LogP contribution >= 0.6 is 11.6 Å². The summed E-state index contributed by atoms with van der Waals surface area (Å²) in [5.74, 6) is 1.52. The molecule has 2 rings (SSSR count). The van der Waals surface area contributed by atoms with Gasteiger partial charge in [-0.2, -0.15) is 0 Å². The van der Waals surface area contributed by atoms with E-state index in [1.165, 1.54) is 12.1 Å². The molecule has 0 aliphatic carbocycles. The van der Waals surface area contributed by atoms with Crippen LogP contribution in [0.5, 0.6) is 0 Å². The topological polar surface area (TPSA) is 73.8 Å². The number of halogens is 1. The van der Waals surface area contributed by atoms with E-state index in [4.69, 9.17) is 11.6 Å². The smallest absolute Gasteiger partial charge is 0.270 e. The van der Waals surface area contributed by atoms with Crippen molar-refractivity contribution in [3.8, 4) is 11.4 Å². The third kappa shape index (κ3) is 2.58. The zero-order valence-corrected chi connectivity index (χ0v) is 11.4. The van der Waals surface area contributed by atoms with E-state index in [0.717, 1.165) is 5.56 Å². The summed E-state index contributed by atoms with van der Waals surface area (Å²) < 4.78 is 1.85. The van der Waals surface area contributed by atoms with Crippen LogP contribution in [0.1, 0.15) is 18.3 Å². The summed E-state index contributed by atoms with van der Waals surface area (Å²) in [4.78, 5) is 10.5. The third-order valence-electron chi connectivity index (χ3n) is 2.79. The first-order valence-electron chi connectivity index (χ1n) is 5.81. The average molecular weight is 281 g/mol. The van der Waals surface area contributed by atoms with Crippen LogP contribution in [-0.4, -0.2) is 19.7 Å². The van der Waals surface area contributed by atoms with Gasteiger partial charge < -0.3 is 4.57 Å². The Morgan fingerprint density at radius 2 is 2.11 bits per heavy atom. The van der Waals surface area contributed by atoms with E-state index in [-0.39, 0.29) is 11.6 Å². The fourth-order valence-electron chi connectivity index (χ4n) is 1.98. The normalized spacial score (nSPS) is 10.7. The van der Waals surface area contributed by atoms with Crippen LogP contribution < -0.4 is 0 Å². The quantitative estimate of drug-likeness (QED) is 0.490. The molecule has 0 unspecified atom stereocenters. The molecule has 7 heteroatoms. The lowest BCUT2D eigenvalue weighted by molar-refractivity contribution is -0.384. The predicted molar refractivity (Wildman–Crippen MR) is 72.1 cm³/mol. The standard InChI is InChI=1S/C12H13ClN4O2/c1-3-16-11(7-13)14-15-12(16)9-4-8(2)5-10(6-9)17(18)19/h4-6H,3,7H2,1-2H3. The van der Waals surface area contributed by atoms with E-state index >= 15 is 0 Å². The molecule has 0 saturated heterocycles. The number of benzene rings is 1. The number of alkyl halides is 1. The van der Waals surface area contributed by atoms with Crippen molar-refractivity contribution in [2.24, 2.45) is 0 Å². The van der Waals surface area contributed by atoms with Gasteiger partial charge in [-0.1, -0.05) is 0 Å². The van der Waals surface area contributed by atoms with E-state index in [0.29, 0.717) is 23.8 Å². The monoisotopic (exact) mass is 280 g/mol. The molecule has 1 heterocycles. The molecule has 0 spiro atoms. The van der Waals surface area contributed by atoms with Crippen molar-refractivity contribution in [2.45, 2.75) is 26.3 Å². The highest BCUT2D eigenvalue weighted by Gasteiger charge is 2.15. The Morgan fingerprint density at radius 1 is 1.37 bits per heavy atom. The largest absolute Gasteiger partial charge is 0.310 e. The Hall–Kier alpha value is -1.95. The van der Waals surface area contributed by atoms with Crippen molar-refractivity contribution in [1.82, 2.24) is 14.8 Å². The first kappa shape index (κ1) is 13.5. The Kier molecular flexibility index (Phi) is 3.80. The second kappa shape index (κ2) is 5.36.